The molecule has 0 radical (unpaired) electrons. The van der Waals surface area contributed by atoms with Crippen molar-refractivity contribution >= 4 is 16.5 Å². The van der Waals surface area contributed by atoms with Gasteiger partial charge in [0.15, 0.2) is 0 Å². The van der Waals surface area contributed by atoms with Crippen LogP contribution in [0.25, 0.3) is 0 Å². The Balaban J connectivity index is 2.90. The van der Waals surface area contributed by atoms with Gasteiger partial charge in [-0.05, 0) is 18.1 Å². The summed E-state index contributed by atoms with van der Waals surface area (Å²) in [5, 5.41) is 0. The molecule has 0 aliphatic heterocycles. The fourth-order valence-corrected chi connectivity index (χ4v) is 2.86. The predicted octanol–water partition coefficient (Wildman–Crippen LogP) is 2.43. The third-order valence-electron chi connectivity index (χ3n) is 2.57. The molecule has 0 aliphatic rings. The standard InChI is InChI=1S/C12H19NO2S/c1-4-9(2)8-16(14)12-6-5-10(13)7-11(12)15-3/h5-7,9H,4,8,13H2,1-3H3. The molecule has 2 atom stereocenters. The molecule has 1 aromatic carbocycles. The molecule has 90 valence electrons. The Morgan fingerprint density at radius 1 is 1.50 bits per heavy atom. The van der Waals surface area contributed by atoms with E-state index in [2.05, 4.69) is 13.8 Å². The van der Waals surface area contributed by atoms with Crippen LogP contribution >= 0.6 is 0 Å². The van der Waals surface area contributed by atoms with E-state index in [-0.39, 0.29) is 0 Å². The summed E-state index contributed by atoms with van der Waals surface area (Å²) in [4.78, 5) is 0.733. The Hall–Kier alpha value is -1.03. The van der Waals surface area contributed by atoms with Gasteiger partial charge in [0.05, 0.1) is 22.8 Å². The van der Waals surface area contributed by atoms with Gasteiger partial charge in [0.25, 0.3) is 0 Å². The summed E-state index contributed by atoms with van der Waals surface area (Å²) in [5.74, 6) is 1.72. The third kappa shape index (κ3) is 3.23. The van der Waals surface area contributed by atoms with E-state index in [1.54, 1.807) is 25.3 Å². The van der Waals surface area contributed by atoms with Crippen LogP contribution in [0.15, 0.2) is 23.1 Å². The molecule has 0 fully saturated rings. The molecular weight excluding hydrogens is 222 g/mol. The van der Waals surface area contributed by atoms with Crippen molar-refractivity contribution in [3.8, 4) is 5.75 Å². The number of ether oxygens (including phenoxy) is 1. The van der Waals surface area contributed by atoms with Gasteiger partial charge in [0.1, 0.15) is 5.75 Å². The van der Waals surface area contributed by atoms with Gasteiger partial charge >= 0.3 is 0 Å². The van der Waals surface area contributed by atoms with E-state index in [1.807, 2.05) is 0 Å². The van der Waals surface area contributed by atoms with Crippen molar-refractivity contribution in [3.63, 3.8) is 0 Å². The van der Waals surface area contributed by atoms with Gasteiger partial charge in [0.2, 0.25) is 0 Å². The zero-order valence-electron chi connectivity index (χ0n) is 10.0. The molecule has 0 saturated carbocycles. The van der Waals surface area contributed by atoms with E-state index >= 15 is 0 Å². The topological polar surface area (TPSA) is 52.3 Å². The number of rotatable bonds is 5. The molecule has 1 aromatic rings. The molecule has 0 bridgehead atoms. The van der Waals surface area contributed by atoms with Crippen molar-refractivity contribution in [1.29, 1.82) is 0 Å². The van der Waals surface area contributed by atoms with Gasteiger partial charge in [-0.25, -0.2) is 0 Å². The van der Waals surface area contributed by atoms with Gasteiger partial charge in [0, 0.05) is 17.5 Å². The average Bonchev–Trinajstić information content (AvgIpc) is 2.28. The summed E-state index contributed by atoms with van der Waals surface area (Å²) >= 11 is 0. The Labute approximate surface area is 99.4 Å². The quantitative estimate of drug-likeness (QED) is 0.805. The van der Waals surface area contributed by atoms with Crippen molar-refractivity contribution in [2.45, 2.75) is 25.2 Å². The summed E-state index contributed by atoms with van der Waals surface area (Å²) in [5.41, 5.74) is 6.28. The molecule has 0 spiro atoms. The Morgan fingerprint density at radius 3 is 2.75 bits per heavy atom. The maximum atomic E-state index is 12.1. The van der Waals surface area contributed by atoms with Gasteiger partial charge in [-0.3, -0.25) is 4.21 Å². The van der Waals surface area contributed by atoms with Crippen LogP contribution < -0.4 is 10.5 Å². The molecule has 1 rings (SSSR count). The van der Waals surface area contributed by atoms with Crippen LogP contribution in [0.3, 0.4) is 0 Å². The summed E-state index contributed by atoms with van der Waals surface area (Å²) in [7, 11) is 0.555. The molecule has 0 heterocycles. The van der Waals surface area contributed by atoms with Gasteiger partial charge in [-0.15, -0.1) is 0 Å². The van der Waals surface area contributed by atoms with Crippen LogP contribution in [-0.2, 0) is 10.8 Å². The van der Waals surface area contributed by atoms with E-state index < -0.39 is 10.8 Å². The molecular formula is C12H19NO2S. The summed E-state index contributed by atoms with van der Waals surface area (Å²) < 4.78 is 17.3. The van der Waals surface area contributed by atoms with E-state index in [1.165, 1.54) is 0 Å². The molecule has 3 nitrogen and oxygen atoms in total. The zero-order valence-corrected chi connectivity index (χ0v) is 10.8. The van der Waals surface area contributed by atoms with Gasteiger partial charge in [-0.2, -0.15) is 0 Å². The molecule has 0 saturated heterocycles. The largest absolute Gasteiger partial charge is 0.495 e. The number of nitrogens with two attached hydrogens (primary N) is 1. The third-order valence-corrected chi connectivity index (χ3v) is 4.27. The molecule has 2 unspecified atom stereocenters. The minimum Gasteiger partial charge on any atom is -0.495 e. The van der Waals surface area contributed by atoms with Crippen LogP contribution in [0.4, 0.5) is 5.69 Å². The summed E-state index contributed by atoms with van der Waals surface area (Å²) in [6.07, 6.45) is 1.03. The highest BCUT2D eigenvalue weighted by atomic mass is 32.2. The van der Waals surface area contributed by atoms with E-state index in [4.69, 9.17) is 10.5 Å². The van der Waals surface area contributed by atoms with Crippen molar-refractivity contribution in [2.75, 3.05) is 18.6 Å². The van der Waals surface area contributed by atoms with Gasteiger partial charge < -0.3 is 10.5 Å². The number of hydrogen-bond acceptors (Lipinski definition) is 3. The molecule has 4 heteroatoms. The maximum Gasteiger partial charge on any atom is 0.137 e. The first-order valence-corrected chi connectivity index (χ1v) is 6.72. The lowest BCUT2D eigenvalue weighted by molar-refractivity contribution is 0.404. The molecule has 0 aliphatic carbocycles. The fourth-order valence-electron chi connectivity index (χ4n) is 1.34. The Morgan fingerprint density at radius 2 is 2.19 bits per heavy atom. The predicted molar refractivity (Wildman–Crippen MR) is 68.1 cm³/mol. The lowest BCUT2D eigenvalue weighted by Gasteiger charge is -2.11. The Bertz CT molecular complexity index is 379. The van der Waals surface area contributed by atoms with Crippen molar-refractivity contribution in [2.24, 2.45) is 5.92 Å². The molecule has 0 aromatic heterocycles. The fraction of sp³-hybridized carbons (Fsp3) is 0.500. The smallest absolute Gasteiger partial charge is 0.137 e. The van der Waals surface area contributed by atoms with Crippen molar-refractivity contribution < 1.29 is 8.95 Å². The number of anilines is 1. The van der Waals surface area contributed by atoms with E-state index in [0.717, 1.165) is 11.3 Å². The van der Waals surface area contributed by atoms with E-state index in [0.29, 0.717) is 23.1 Å². The molecule has 16 heavy (non-hydrogen) atoms. The summed E-state index contributed by atoms with van der Waals surface area (Å²) in [6.45, 7) is 4.20. The second-order valence-electron chi connectivity index (χ2n) is 3.94. The average molecular weight is 241 g/mol. The lowest BCUT2D eigenvalue weighted by Crippen LogP contribution is -2.08. The number of methoxy groups -OCH3 is 1. The second kappa shape index (κ2) is 5.89. The van der Waals surface area contributed by atoms with Gasteiger partial charge in [-0.1, -0.05) is 20.3 Å². The number of nitrogen functional groups attached to an aromatic ring is 1. The number of benzene rings is 1. The SMILES string of the molecule is CCC(C)CS(=O)c1ccc(N)cc1OC. The maximum absolute atomic E-state index is 12.1. The first-order chi connectivity index (χ1) is 7.58. The molecule has 0 amide bonds. The highest BCUT2D eigenvalue weighted by Crippen LogP contribution is 2.25. The van der Waals surface area contributed by atoms with Crippen LogP contribution in [0.2, 0.25) is 0 Å². The summed E-state index contributed by atoms with van der Waals surface area (Å²) in [6, 6.07) is 5.25. The second-order valence-corrected chi connectivity index (χ2v) is 5.40. The van der Waals surface area contributed by atoms with Crippen LogP contribution in [0.1, 0.15) is 20.3 Å². The highest BCUT2D eigenvalue weighted by molar-refractivity contribution is 7.85. The van der Waals surface area contributed by atoms with Crippen molar-refractivity contribution in [1.82, 2.24) is 0 Å². The van der Waals surface area contributed by atoms with Crippen LogP contribution in [0, 0.1) is 5.92 Å². The first-order valence-electron chi connectivity index (χ1n) is 5.40. The van der Waals surface area contributed by atoms with Crippen LogP contribution in [-0.4, -0.2) is 17.1 Å². The monoisotopic (exact) mass is 241 g/mol. The number of hydrogen-bond donors (Lipinski definition) is 1. The van der Waals surface area contributed by atoms with Crippen molar-refractivity contribution in [3.05, 3.63) is 18.2 Å². The first kappa shape index (κ1) is 13.0. The zero-order chi connectivity index (χ0) is 12.1. The van der Waals surface area contributed by atoms with E-state index in [9.17, 15) is 4.21 Å². The lowest BCUT2D eigenvalue weighted by atomic mass is 10.2. The minimum absolute atomic E-state index is 0.447. The minimum atomic E-state index is -1.01. The Kier molecular flexibility index (Phi) is 4.80. The highest BCUT2D eigenvalue weighted by Gasteiger charge is 2.13. The van der Waals surface area contributed by atoms with Crippen LogP contribution in [0.5, 0.6) is 5.75 Å². The molecule has 2 N–H and O–H groups in total. The normalized spacial score (nSPS) is 14.4.